The van der Waals surface area contributed by atoms with Crippen molar-refractivity contribution < 1.29 is 27.5 Å². The van der Waals surface area contributed by atoms with Gasteiger partial charge in [-0.3, -0.25) is 4.79 Å². The van der Waals surface area contributed by atoms with Gasteiger partial charge in [0.15, 0.2) is 0 Å². The Bertz CT molecular complexity index is 575. The summed E-state index contributed by atoms with van der Waals surface area (Å²) < 4.78 is 54.9. The fourth-order valence-electron chi connectivity index (χ4n) is 2.52. The Morgan fingerprint density at radius 1 is 1.54 bits per heavy atom. The van der Waals surface area contributed by atoms with Crippen LogP contribution in [0.2, 0.25) is 0 Å². The van der Waals surface area contributed by atoms with Gasteiger partial charge in [-0.1, -0.05) is 0 Å². The number of rotatable bonds is 5. The van der Waals surface area contributed by atoms with E-state index in [1.165, 1.54) is 13.2 Å². The number of halogens is 5. The van der Waals surface area contributed by atoms with E-state index in [9.17, 15) is 27.5 Å². The third-order valence-electron chi connectivity index (χ3n) is 3.94. The first-order valence-electron chi connectivity index (χ1n) is 7.05. The molecule has 0 aromatic carbocycles. The average Bonchev–Trinajstić information content (AvgIpc) is 3.07. The molecule has 0 spiro atoms. The first-order valence-corrected chi connectivity index (χ1v) is 7.05. The molecule has 0 saturated carbocycles. The highest BCUT2D eigenvalue weighted by molar-refractivity contribution is 5.86. The Morgan fingerprint density at radius 3 is 2.67 bits per heavy atom. The molecule has 2 heterocycles. The highest BCUT2D eigenvalue weighted by Gasteiger charge is 2.57. The highest BCUT2D eigenvalue weighted by atomic mass is 35.5. The maximum absolute atomic E-state index is 14.1. The molecule has 1 fully saturated rings. The van der Waals surface area contributed by atoms with Gasteiger partial charge in [-0.2, -0.15) is 13.2 Å². The highest BCUT2D eigenvalue weighted by Crippen LogP contribution is 2.40. The second-order valence-corrected chi connectivity index (χ2v) is 5.62. The smallest absolute Gasteiger partial charge is 0.374 e. The Kier molecular flexibility index (Phi) is 6.23. The number of amides is 1. The molecule has 2 rings (SSSR count). The number of hydrogen-bond donors (Lipinski definition) is 3. The van der Waals surface area contributed by atoms with E-state index in [1.807, 2.05) is 0 Å². The van der Waals surface area contributed by atoms with E-state index in [-0.39, 0.29) is 25.4 Å². The van der Waals surface area contributed by atoms with Crippen molar-refractivity contribution in [1.82, 2.24) is 20.2 Å². The van der Waals surface area contributed by atoms with Crippen LogP contribution in [0.3, 0.4) is 0 Å². The summed E-state index contributed by atoms with van der Waals surface area (Å²) in [5.41, 5.74) is -5.35. The Labute approximate surface area is 142 Å². The predicted molar refractivity (Wildman–Crippen MR) is 79.4 cm³/mol. The number of alkyl halides is 4. The second kappa shape index (κ2) is 7.24. The van der Waals surface area contributed by atoms with Crippen molar-refractivity contribution in [1.29, 1.82) is 0 Å². The summed E-state index contributed by atoms with van der Waals surface area (Å²) >= 11 is 0. The van der Waals surface area contributed by atoms with E-state index < -0.39 is 42.1 Å². The van der Waals surface area contributed by atoms with Gasteiger partial charge >= 0.3 is 6.18 Å². The minimum absolute atomic E-state index is 0. The van der Waals surface area contributed by atoms with E-state index in [1.54, 1.807) is 0 Å². The van der Waals surface area contributed by atoms with Gasteiger partial charge in [-0.25, -0.2) is 9.37 Å². The van der Waals surface area contributed by atoms with Crippen molar-refractivity contribution >= 4 is 18.3 Å². The number of imidazole rings is 1. The third-order valence-corrected chi connectivity index (χ3v) is 3.94. The Hall–Kier alpha value is -1.39. The molecular formula is C13H19ClF4N4O2. The van der Waals surface area contributed by atoms with Crippen LogP contribution in [0, 0.1) is 0 Å². The first kappa shape index (κ1) is 20.7. The molecule has 3 N–H and O–H groups in total. The number of carbonyl (C=O) groups is 1. The van der Waals surface area contributed by atoms with Crippen LogP contribution >= 0.6 is 12.4 Å². The molecular weight excluding hydrogens is 356 g/mol. The summed E-state index contributed by atoms with van der Waals surface area (Å²) in [6.07, 6.45) is -3.49. The number of aliphatic hydroxyl groups is 1. The van der Waals surface area contributed by atoms with E-state index >= 15 is 0 Å². The number of hydrogen-bond acceptors (Lipinski definition) is 4. The maximum atomic E-state index is 14.1. The average molecular weight is 375 g/mol. The minimum Gasteiger partial charge on any atom is -0.374 e. The standard InChI is InChI=1S/C13H18F4N4O2.ClH/c1-21-7-6-19-9(21)12(23,13(15,16)17)3-5-20-10(22)11(14)2-4-18-8-11;/h6-7,18,23H,2-5,8H2,1H3,(H,20,22);1H. The van der Waals surface area contributed by atoms with Gasteiger partial charge < -0.3 is 20.3 Å². The van der Waals surface area contributed by atoms with Gasteiger partial charge in [0.1, 0.15) is 5.82 Å². The van der Waals surface area contributed by atoms with Crippen molar-refractivity contribution in [3.8, 4) is 0 Å². The van der Waals surface area contributed by atoms with E-state index in [0.717, 1.165) is 10.8 Å². The fraction of sp³-hybridized carbons (Fsp3) is 0.692. The molecule has 138 valence electrons. The van der Waals surface area contributed by atoms with Gasteiger partial charge in [0.25, 0.3) is 5.91 Å². The predicted octanol–water partition coefficient (Wildman–Crippen LogP) is 0.800. The lowest BCUT2D eigenvalue weighted by Gasteiger charge is -2.30. The Morgan fingerprint density at radius 2 is 2.21 bits per heavy atom. The summed E-state index contributed by atoms with van der Waals surface area (Å²) in [5.74, 6) is -1.57. The van der Waals surface area contributed by atoms with Crippen LogP contribution in [0.15, 0.2) is 12.4 Å². The summed E-state index contributed by atoms with van der Waals surface area (Å²) in [6, 6.07) is 0. The summed E-state index contributed by atoms with van der Waals surface area (Å²) in [7, 11) is 1.32. The van der Waals surface area contributed by atoms with Gasteiger partial charge in [0.2, 0.25) is 11.3 Å². The maximum Gasteiger partial charge on any atom is 0.424 e. The summed E-state index contributed by atoms with van der Waals surface area (Å²) in [4.78, 5) is 15.3. The van der Waals surface area contributed by atoms with Crippen LogP contribution in [0.5, 0.6) is 0 Å². The molecule has 1 aliphatic rings. The Balaban J connectivity index is 0.00000288. The molecule has 0 radical (unpaired) electrons. The number of carbonyl (C=O) groups excluding carboxylic acids is 1. The minimum atomic E-state index is -4.99. The molecule has 2 atom stereocenters. The lowest BCUT2D eigenvalue weighted by molar-refractivity contribution is -0.272. The van der Waals surface area contributed by atoms with Gasteiger partial charge in [0.05, 0.1) is 0 Å². The van der Waals surface area contributed by atoms with Crippen molar-refractivity contribution in [3.63, 3.8) is 0 Å². The molecule has 11 heteroatoms. The number of nitrogens with zero attached hydrogens (tertiary/aromatic N) is 2. The molecule has 1 saturated heterocycles. The van der Waals surface area contributed by atoms with Crippen molar-refractivity contribution in [2.75, 3.05) is 19.6 Å². The topological polar surface area (TPSA) is 79.2 Å². The SMILES string of the molecule is Cl.Cn1ccnc1C(O)(CCNC(=O)C1(F)CCNC1)C(F)(F)F. The first-order chi connectivity index (χ1) is 10.6. The largest absolute Gasteiger partial charge is 0.424 e. The third kappa shape index (κ3) is 3.81. The van der Waals surface area contributed by atoms with Gasteiger partial charge in [-0.05, 0) is 6.54 Å². The molecule has 0 aliphatic carbocycles. The van der Waals surface area contributed by atoms with Crippen LogP contribution in [-0.4, -0.2) is 52.0 Å². The zero-order valence-electron chi connectivity index (χ0n) is 12.9. The van der Waals surface area contributed by atoms with Crippen molar-refractivity contribution in [2.45, 2.75) is 30.3 Å². The fourth-order valence-corrected chi connectivity index (χ4v) is 2.52. The number of nitrogens with one attached hydrogen (secondary N) is 2. The van der Waals surface area contributed by atoms with Crippen LogP contribution in [0.4, 0.5) is 17.6 Å². The van der Waals surface area contributed by atoms with Crippen LogP contribution in [0.1, 0.15) is 18.7 Å². The van der Waals surface area contributed by atoms with Crippen molar-refractivity contribution in [3.05, 3.63) is 18.2 Å². The van der Waals surface area contributed by atoms with Crippen LogP contribution in [-0.2, 0) is 17.4 Å². The normalized spacial score (nSPS) is 23.4. The zero-order chi connectivity index (χ0) is 17.3. The second-order valence-electron chi connectivity index (χ2n) is 5.62. The molecule has 1 aromatic rings. The van der Waals surface area contributed by atoms with Crippen molar-refractivity contribution in [2.24, 2.45) is 7.05 Å². The zero-order valence-corrected chi connectivity index (χ0v) is 13.7. The van der Waals surface area contributed by atoms with Crippen LogP contribution in [0.25, 0.3) is 0 Å². The van der Waals surface area contributed by atoms with E-state index in [4.69, 9.17) is 0 Å². The van der Waals surface area contributed by atoms with Crippen LogP contribution < -0.4 is 10.6 Å². The number of aromatic nitrogens is 2. The number of aryl methyl sites for hydroxylation is 1. The molecule has 1 amide bonds. The lowest BCUT2D eigenvalue weighted by atomic mass is 9.97. The molecule has 6 nitrogen and oxygen atoms in total. The molecule has 2 unspecified atom stereocenters. The monoisotopic (exact) mass is 374 g/mol. The van der Waals surface area contributed by atoms with Gasteiger partial charge in [0, 0.05) is 45.4 Å². The van der Waals surface area contributed by atoms with E-state index in [2.05, 4.69) is 15.6 Å². The molecule has 1 aromatic heterocycles. The summed E-state index contributed by atoms with van der Waals surface area (Å²) in [6.45, 7) is -0.390. The molecule has 24 heavy (non-hydrogen) atoms. The summed E-state index contributed by atoms with van der Waals surface area (Å²) in [5, 5.41) is 14.9. The molecule has 1 aliphatic heterocycles. The van der Waals surface area contributed by atoms with Gasteiger partial charge in [-0.15, -0.1) is 12.4 Å². The quantitative estimate of drug-likeness (QED) is 0.666. The van der Waals surface area contributed by atoms with E-state index in [0.29, 0.717) is 6.54 Å². The lowest BCUT2D eigenvalue weighted by Crippen LogP contribution is -2.49. The molecule has 0 bridgehead atoms.